The van der Waals surface area contributed by atoms with E-state index >= 15 is 0 Å². The van der Waals surface area contributed by atoms with Gasteiger partial charge in [-0.15, -0.1) is 24.0 Å². The first-order valence-electron chi connectivity index (χ1n) is 9.72. The van der Waals surface area contributed by atoms with Crippen LogP contribution in [-0.4, -0.2) is 83.3 Å². The lowest BCUT2D eigenvalue weighted by atomic mass is 10.2. The Hall–Kier alpha value is -1.26. The molecule has 1 saturated heterocycles. The molecule has 1 heterocycles. The quantitative estimate of drug-likeness (QED) is 0.244. The van der Waals surface area contributed by atoms with E-state index in [1.807, 2.05) is 18.2 Å². The van der Waals surface area contributed by atoms with Crippen LogP contribution in [0, 0.1) is 0 Å². The zero-order valence-corrected chi connectivity index (χ0v) is 20.0. The maximum absolute atomic E-state index is 5.45. The summed E-state index contributed by atoms with van der Waals surface area (Å²) in [5, 5.41) is 6.75. The molecule has 160 valence electrons. The molecule has 1 fully saturated rings. The van der Waals surface area contributed by atoms with Crippen molar-refractivity contribution < 1.29 is 9.47 Å². The fraction of sp³-hybridized carbons (Fsp3) is 0.650. The first kappa shape index (κ1) is 24.8. The SMILES string of the molecule is CN=C(NCCCN1CCCN(C)CC1)NCc1ccc(OC)cc1OC.I. The molecule has 0 unspecified atom stereocenters. The van der Waals surface area contributed by atoms with Crippen molar-refractivity contribution in [3.63, 3.8) is 0 Å². The minimum Gasteiger partial charge on any atom is -0.497 e. The van der Waals surface area contributed by atoms with Gasteiger partial charge in [0.05, 0.1) is 14.2 Å². The maximum atomic E-state index is 5.45. The fourth-order valence-electron chi connectivity index (χ4n) is 3.23. The van der Waals surface area contributed by atoms with Gasteiger partial charge in [0.25, 0.3) is 0 Å². The van der Waals surface area contributed by atoms with Crippen LogP contribution in [0.15, 0.2) is 23.2 Å². The molecule has 0 radical (unpaired) electrons. The Bertz CT molecular complexity index is 600. The Morgan fingerprint density at radius 3 is 2.64 bits per heavy atom. The number of nitrogens with one attached hydrogen (secondary N) is 2. The summed E-state index contributed by atoms with van der Waals surface area (Å²) in [6, 6.07) is 5.84. The minimum atomic E-state index is 0. The van der Waals surface area contributed by atoms with Crippen molar-refractivity contribution in [2.45, 2.75) is 19.4 Å². The molecule has 7 nitrogen and oxygen atoms in total. The largest absolute Gasteiger partial charge is 0.497 e. The summed E-state index contributed by atoms with van der Waals surface area (Å²) in [7, 11) is 7.33. The highest BCUT2D eigenvalue weighted by Crippen LogP contribution is 2.24. The number of nitrogens with zero attached hydrogens (tertiary/aromatic N) is 3. The molecule has 1 aromatic rings. The molecule has 28 heavy (non-hydrogen) atoms. The predicted molar refractivity (Wildman–Crippen MR) is 126 cm³/mol. The van der Waals surface area contributed by atoms with Gasteiger partial charge in [0.2, 0.25) is 0 Å². The van der Waals surface area contributed by atoms with Crippen LogP contribution in [0.2, 0.25) is 0 Å². The second-order valence-corrected chi connectivity index (χ2v) is 6.88. The topological polar surface area (TPSA) is 61.4 Å². The highest BCUT2D eigenvalue weighted by molar-refractivity contribution is 14.0. The van der Waals surface area contributed by atoms with Crippen LogP contribution in [0.3, 0.4) is 0 Å². The number of guanidine groups is 1. The molecule has 1 aromatic carbocycles. The minimum absolute atomic E-state index is 0. The summed E-state index contributed by atoms with van der Waals surface area (Å²) in [6.07, 6.45) is 2.37. The highest BCUT2D eigenvalue weighted by Gasteiger charge is 2.11. The van der Waals surface area contributed by atoms with E-state index in [-0.39, 0.29) is 24.0 Å². The van der Waals surface area contributed by atoms with Gasteiger partial charge < -0.3 is 29.9 Å². The molecule has 0 saturated carbocycles. The number of methoxy groups -OCH3 is 2. The van der Waals surface area contributed by atoms with Crippen molar-refractivity contribution in [3.05, 3.63) is 23.8 Å². The van der Waals surface area contributed by atoms with E-state index in [0.29, 0.717) is 6.54 Å². The number of benzene rings is 1. The Labute approximate surface area is 186 Å². The van der Waals surface area contributed by atoms with Gasteiger partial charge in [0, 0.05) is 44.9 Å². The summed E-state index contributed by atoms with van der Waals surface area (Å²) < 4.78 is 10.7. The zero-order chi connectivity index (χ0) is 19.5. The molecule has 8 heteroatoms. The van der Waals surface area contributed by atoms with Gasteiger partial charge in [-0.25, -0.2) is 0 Å². The summed E-state index contributed by atoms with van der Waals surface area (Å²) in [5.74, 6) is 2.41. The first-order chi connectivity index (χ1) is 13.2. The van der Waals surface area contributed by atoms with E-state index in [0.717, 1.165) is 42.5 Å². The number of hydrogen-bond acceptors (Lipinski definition) is 5. The Kier molecular flexibility index (Phi) is 12.2. The fourth-order valence-corrected chi connectivity index (χ4v) is 3.23. The van der Waals surface area contributed by atoms with Gasteiger partial charge in [0.15, 0.2) is 5.96 Å². The number of rotatable bonds is 8. The van der Waals surface area contributed by atoms with Crippen molar-refractivity contribution in [1.82, 2.24) is 20.4 Å². The van der Waals surface area contributed by atoms with E-state index in [1.54, 1.807) is 21.3 Å². The molecule has 1 aliphatic rings. The molecular weight excluding hydrogens is 469 g/mol. The second kappa shape index (κ2) is 13.8. The average molecular weight is 505 g/mol. The molecule has 0 atom stereocenters. The average Bonchev–Trinajstić information content (AvgIpc) is 2.91. The van der Waals surface area contributed by atoms with Crippen molar-refractivity contribution >= 4 is 29.9 Å². The molecule has 1 aliphatic heterocycles. The van der Waals surface area contributed by atoms with Gasteiger partial charge in [-0.1, -0.05) is 0 Å². The van der Waals surface area contributed by atoms with Gasteiger partial charge in [-0.2, -0.15) is 0 Å². The Morgan fingerprint density at radius 1 is 1.11 bits per heavy atom. The first-order valence-corrected chi connectivity index (χ1v) is 9.72. The van der Waals surface area contributed by atoms with Crippen molar-refractivity contribution in [2.75, 3.05) is 67.6 Å². The third-order valence-corrected chi connectivity index (χ3v) is 4.92. The van der Waals surface area contributed by atoms with Crippen molar-refractivity contribution in [3.8, 4) is 11.5 Å². The number of halogens is 1. The van der Waals surface area contributed by atoms with Gasteiger partial charge >= 0.3 is 0 Å². The van der Waals surface area contributed by atoms with E-state index < -0.39 is 0 Å². The second-order valence-electron chi connectivity index (χ2n) is 6.88. The molecule has 0 aromatic heterocycles. The third kappa shape index (κ3) is 8.40. The highest BCUT2D eigenvalue weighted by atomic mass is 127. The van der Waals surface area contributed by atoms with E-state index in [1.165, 1.54) is 32.6 Å². The van der Waals surface area contributed by atoms with Crippen molar-refractivity contribution in [1.29, 1.82) is 0 Å². The molecule has 2 N–H and O–H groups in total. The van der Waals surface area contributed by atoms with Crippen LogP contribution < -0.4 is 20.1 Å². The number of aliphatic imine (C=N–C) groups is 1. The molecule has 0 aliphatic carbocycles. The van der Waals surface area contributed by atoms with E-state index in [2.05, 4.69) is 32.5 Å². The lowest BCUT2D eigenvalue weighted by Crippen LogP contribution is -2.38. The van der Waals surface area contributed by atoms with Crippen molar-refractivity contribution in [2.24, 2.45) is 4.99 Å². The van der Waals surface area contributed by atoms with E-state index in [9.17, 15) is 0 Å². The predicted octanol–water partition coefficient (Wildman–Crippen LogP) is 2.01. The summed E-state index contributed by atoms with van der Waals surface area (Å²) in [4.78, 5) is 9.28. The summed E-state index contributed by atoms with van der Waals surface area (Å²) >= 11 is 0. The Balaban J connectivity index is 0.00000392. The van der Waals surface area contributed by atoms with Crippen LogP contribution in [0.1, 0.15) is 18.4 Å². The molecule has 0 amide bonds. The number of hydrogen-bond donors (Lipinski definition) is 2. The lowest BCUT2D eigenvalue weighted by molar-refractivity contribution is 0.274. The van der Waals surface area contributed by atoms with Crippen LogP contribution >= 0.6 is 24.0 Å². The van der Waals surface area contributed by atoms with E-state index in [4.69, 9.17) is 9.47 Å². The lowest BCUT2D eigenvalue weighted by Gasteiger charge is -2.20. The van der Waals surface area contributed by atoms with Gasteiger partial charge in [-0.05, 0) is 51.7 Å². The van der Waals surface area contributed by atoms with Crippen LogP contribution in [0.4, 0.5) is 0 Å². The Morgan fingerprint density at radius 2 is 1.93 bits per heavy atom. The molecule has 0 bridgehead atoms. The maximum Gasteiger partial charge on any atom is 0.191 e. The normalized spacial score (nSPS) is 16.1. The molecule has 2 rings (SSSR count). The van der Waals surface area contributed by atoms with Gasteiger partial charge in [0.1, 0.15) is 11.5 Å². The third-order valence-electron chi connectivity index (χ3n) is 4.92. The smallest absolute Gasteiger partial charge is 0.191 e. The summed E-state index contributed by atoms with van der Waals surface area (Å²) in [6.45, 7) is 7.43. The standard InChI is InChI=1S/C20H35N5O2.HI/c1-21-20(22-9-5-11-25-12-6-10-24(2)13-14-25)23-16-17-7-8-18(26-3)15-19(17)27-4;/h7-8,15H,5-6,9-14,16H2,1-4H3,(H2,21,22,23);1H. The summed E-state index contributed by atoms with van der Waals surface area (Å²) in [5.41, 5.74) is 1.06. The zero-order valence-electron chi connectivity index (χ0n) is 17.7. The monoisotopic (exact) mass is 505 g/mol. The number of ether oxygens (including phenoxy) is 2. The number of likely N-dealkylation sites (N-methyl/N-ethyl adjacent to an activating group) is 1. The van der Waals surface area contributed by atoms with Gasteiger partial charge in [-0.3, -0.25) is 4.99 Å². The molecular formula is C20H36IN5O2. The van der Waals surface area contributed by atoms with Crippen LogP contribution in [-0.2, 0) is 6.54 Å². The van der Waals surface area contributed by atoms with Crippen LogP contribution in [0.25, 0.3) is 0 Å². The molecule has 0 spiro atoms. The van der Waals surface area contributed by atoms with Crippen LogP contribution in [0.5, 0.6) is 11.5 Å².